The Hall–Kier alpha value is -2.21. The largest absolute Gasteiger partial charge is 0.314 e. The number of para-hydroxylation sites is 1. The van der Waals surface area contributed by atoms with E-state index in [1.54, 1.807) is 0 Å². The molecule has 0 radical (unpaired) electrons. The maximum Gasteiger partial charge on any atom is 0.244 e. The molecule has 1 aromatic carbocycles. The molecule has 3 heterocycles. The van der Waals surface area contributed by atoms with Crippen LogP contribution in [0, 0.1) is 0 Å². The second-order valence-electron chi connectivity index (χ2n) is 6.99. The molecule has 2 aliphatic rings. The molecule has 0 saturated carbocycles. The number of benzene rings is 1. The molecule has 2 aliphatic heterocycles. The van der Waals surface area contributed by atoms with Crippen LogP contribution in [0.3, 0.4) is 0 Å². The summed E-state index contributed by atoms with van der Waals surface area (Å²) in [5, 5.41) is 12.2. The van der Waals surface area contributed by atoms with E-state index < -0.39 is 0 Å². The molecule has 1 aromatic heterocycles. The minimum Gasteiger partial charge on any atom is -0.314 e. The number of amides is 1. The Morgan fingerprint density at radius 1 is 1.12 bits per heavy atom. The number of aryl methyl sites for hydroxylation is 1. The van der Waals surface area contributed by atoms with Gasteiger partial charge in [-0.3, -0.25) is 10.1 Å². The summed E-state index contributed by atoms with van der Waals surface area (Å²) >= 11 is 0. The van der Waals surface area contributed by atoms with E-state index in [0.29, 0.717) is 0 Å². The Morgan fingerprint density at radius 3 is 2.80 bits per heavy atom. The van der Waals surface area contributed by atoms with Crippen LogP contribution in [0.4, 0.5) is 5.69 Å². The molecule has 132 valence electrons. The lowest BCUT2D eigenvalue weighted by Crippen LogP contribution is -2.51. The lowest BCUT2D eigenvalue weighted by Gasteiger charge is -2.34. The summed E-state index contributed by atoms with van der Waals surface area (Å²) in [5.41, 5.74) is 0.978. The summed E-state index contributed by atoms with van der Waals surface area (Å²) < 4.78 is 2.23. The van der Waals surface area contributed by atoms with Crippen LogP contribution in [0.5, 0.6) is 0 Å². The zero-order valence-corrected chi connectivity index (χ0v) is 14.7. The molecule has 4 rings (SSSR count). The van der Waals surface area contributed by atoms with Crippen molar-refractivity contribution in [2.75, 3.05) is 11.4 Å². The van der Waals surface area contributed by atoms with Crippen LogP contribution in [0.2, 0.25) is 0 Å². The first-order valence-electron chi connectivity index (χ1n) is 9.28. The van der Waals surface area contributed by atoms with Crippen molar-refractivity contribution < 1.29 is 4.79 Å². The fourth-order valence-electron chi connectivity index (χ4n) is 3.92. The van der Waals surface area contributed by atoms with Crippen molar-refractivity contribution in [2.45, 2.75) is 57.7 Å². The summed E-state index contributed by atoms with van der Waals surface area (Å²) in [7, 11) is 0. The molecule has 1 saturated heterocycles. The number of hydrogen-bond acceptors (Lipinski definition) is 4. The monoisotopic (exact) mass is 339 g/mol. The Morgan fingerprint density at radius 2 is 1.96 bits per heavy atom. The molecule has 2 aromatic rings. The lowest BCUT2D eigenvalue weighted by atomic mass is 10.0. The highest BCUT2D eigenvalue weighted by molar-refractivity contribution is 5.97. The van der Waals surface area contributed by atoms with Crippen molar-refractivity contribution in [3.8, 4) is 0 Å². The van der Waals surface area contributed by atoms with Gasteiger partial charge in [0.15, 0.2) is 0 Å². The van der Waals surface area contributed by atoms with Crippen LogP contribution in [0.25, 0.3) is 0 Å². The second kappa shape index (κ2) is 6.96. The van der Waals surface area contributed by atoms with Crippen LogP contribution in [-0.2, 0) is 17.8 Å². The molecule has 0 bridgehead atoms. The predicted octanol–water partition coefficient (Wildman–Crippen LogP) is 2.46. The van der Waals surface area contributed by atoms with Crippen molar-refractivity contribution in [3.05, 3.63) is 42.0 Å². The first-order valence-corrected chi connectivity index (χ1v) is 9.28. The van der Waals surface area contributed by atoms with E-state index in [1.807, 2.05) is 35.2 Å². The maximum absolute atomic E-state index is 12.9. The molecule has 1 N–H and O–H groups in total. The topological polar surface area (TPSA) is 63.1 Å². The summed E-state index contributed by atoms with van der Waals surface area (Å²) in [4.78, 5) is 14.8. The van der Waals surface area contributed by atoms with Crippen LogP contribution in [-0.4, -0.2) is 33.3 Å². The summed E-state index contributed by atoms with van der Waals surface area (Å²) in [6.07, 6.45) is 5.24. The quantitative estimate of drug-likeness (QED) is 0.929. The molecular formula is C19H25N5O. The first-order chi connectivity index (χ1) is 12.2. The molecule has 6 heteroatoms. The van der Waals surface area contributed by atoms with E-state index in [0.717, 1.165) is 49.7 Å². The molecule has 25 heavy (non-hydrogen) atoms. The maximum atomic E-state index is 12.9. The Labute approximate surface area is 148 Å². The number of rotatable bonds is 4. The first kappa shape index (κ1) is 16.3. The number of hydrogen-bond donors (Lipinski definition) is 1. The van der Waals surface area contributed by atoms with Gasteiger partial charge in [-0.2, -0.15) is 0 Å². The third-order valence-corrected chi connectivity index (χ3v) is 5.23. The van der Waals surface area contributed by atoms with Crippen molar-refractivity contribution in [1.82, 2.24) is 20.1 Å². The average molecular weight is 339 g/mol. The van der Waals surface area contributed by atoms with Gasteiger partial charge in [0.1, 0.15) is 11.6 Å². The van der Waals surface area contributed by atoms with Crippen LogP contribution in [0.15, 0.2) is 30.3 Å². The normalized spacial score (nSPS) is 21.9. The highest BCUT2D eigenvalue weighted by Gasteiger charge is 2.32. The minimum atomic E-state index is -0.166. The molecule has 6 nitrogen and oxygen atoms in total. The fourth-order valence-corrected chi connectivity index (χ4v) is 3.92. The van der Waals surface area contributed by atoms with E-state index >= 15 is 0 Å². The highest BCUT2D eigenvalue weighted by atomic mass is 16.2. The smallest absolute Gasteiger partial charge is 0.244 e. The van der Waals surface area contributed by atoms with Gasteiger partial charge < -0.3 is 9.47 Å². The van der Waals surface area contributed by atoms with Gasteiger partial charge in [0.05, 0.1) is 12.1 Å². The second-order valence-corrected chi connectivity index (χ2v) is 6.99. The van der Waals surface area contributed by atoms with Crippen molar-refractivity contribution in [1.29, 1.82) is 0 Å². The number of fused-ring (bicyclic) bond motifs is 1. The van der Waals surface area contributed by atoms with Gasteiger partial charge >= 0.3 is 0 Å². The minimum absolute atomic E-state index is 0.0176. The van der Waals surface area contributed by atoms with E-state index in [4.69, 9.17) is 0 Å². The number of carbonyl (C=O) groups is 1. The van der Waals surface area contributed by atoms with Gasteiger partial charge in [0.25, 0.3) is 0 Å². The average Bonchev–Trinajstić information content (AvgIpc) is 3.08. The molecular weight excluding hydrogens is 314 g/mol. The number of aromatic nitrogens is 3. The van der Waals surface area contributed by atoms with Crippen LogP contribution in [0.1, 0.15) is 50.3 Å². The van der Waals surface area contributed by atoms with Gasteiger partial charge in [-0.1, -0.05) is 18.2 Å². The molecule has 2 atom stereocenters. The zero-order valence-electron chi connectivity index (χ0n) is 14.7. The number of piperidine rings is 1. The molecule has 1 fully saturated rings. The Balaban J connectivity index is 1.48. The van der Waals surface area contributed by atoms with Gasteiger partial charge in [0.2, 0.25) is 5.91 Å². The molecule has 1 amide bonds. The van der Waals surface area contributed by atoms with Crippen molar-refractivity contribution in [3.63, 3.8) is 0 Å². The van der Waals surface area contributed by atoms with Gasteiger partial charge in [-0.05, 0) is 44.7 Å². The summed E-state index contributed by atoms with van der Waals surface area (Å²) in [5.74, 6) is 2.19. The van der Waals surface area contributed by atoms with Crippen LogP contribution < -0.4 is 10.2 Å². The van der Waals surface area contributed by atoms with E-state index in [-0.39, 0.29) is 18.0 Å². The van der Waals surface area contributed by atoms with Crippen molar-refractivity contribution in [2.24, 2.45) is 0 Å². The molecule has 0 spiro atoms. The third kappa shape index (κ3) is 3.18. The zero-order chi connectivity index (χ0) is 17.2. The number of carbonyl (C=O) groups excluding carboxylic acids is 1. The van der Waals surface area contributed by atoms with Crippen LogP contribution >= 0.6 is 0 Å². The fraction of sp³-hybridized carbons (Fsp3) is 0.526. The highest BCUT2D eigenvalue weighted by Crippen LogP contribution is 2.24. The van der Waals surface area contributed by atoms with Gasteiger partial charge in [0, 0.05) is 25.2 Å². The Kier molecular flexibility index (Phi) is 4.53. The van der Waals surface area contributed by atoms with Gasteiger partial charge in [-0.15, -0.1) is 10.2 Å². The number of anilines is 1. The van der Waals surface area contributed by atoms with E-state index in [9.17, 15) is 4.79 Å². The standard InChI is InChI=1S/C19H25N5O/c1-14(18-22-21-17-11-5-6-12-24(17)18)20-16-10-7-13-23(19(16)25)15-8-3-2-4-9-15/h2-4,8-9,14,16,20H,5-7,10-13H2,1H3/t14-,16-/m0/s1. The number of nitrogens with one attached hydrogen (secondary N) is 1. The Bertz CT molecular complexity index is 742. The van der Waals surface area contributed by atoms with Gasteiger partial charge in [-0.25, -0.2) is 0 Å². The van der Waals surface area contributed by atoms with E-state index in [1.165, 1.54) is 12.8 Å². The lowest BCUT2D eigenvalue weighted by molar-refractivity contribution is -0.122. The molecule has 0 unspecified atom stereocenters. The third-order valence-electron chi connectivity index (χ3n) is 5.23. The predicted molar refractivity (Wildman–Crippen MR) is 96.3 cm³/mol. The SMILES string of the molecule is C[C@H](N[C@H]1CCCN(c2ccccc2)C1=O)c1nnc2n1CCCC2. The van der Waals surface area contributed by atoms with Crippen molar-refractivity contribution >= 4 is 11.6 Å². The van der Waals surface area contributed by atoms with E-state index in [2.05, 4.69) is 27.0 Å². The number of nitrogens with zero attached hydrogens (tertiary/aromatic N) is 4. The summed E-state index contributed by atoms with van der Waals surface area (Å²) in [6.45, 7) is 3.86. The summed E-state index contributed by atoms with van der Waals surface area (Å²) in [6, 6.07) is 9.78. The molecule has 0 aliphatic carbocycles.